The van der Waals surface area contributed by atoms with E-state index in [1.54, 1.807) is 18.3 Å². The second-order valence-corrected chi connectivity index (χ2v) is 6.49. The molecule has 1 saturated heterocycles. The minimum absolute atomic E-state index is 0.112. The van der Waals surface area contributed by atoms with E-state index >= 15 is 0 Å². The maximum Gasteiger partial charge on any atom is 0.169 e. The molecule has 1 atom stereocenters. The second-order valence-electron chi connectivity index (χ2n) is 3.48. The lowest BCUT2D eigenvalue weighted by Gasteiger charge is -1.97. The predicted octanol–water partition coefficient (Wildman–Crippen LogP) is 1.65. The summed E-state index contributed by atoms with van der Waals surface area (Å²) in [4.78, 5) is 4.18. The summed E-state index contributed by atoms with van der Waals surface area (Å²) in [6.07, 6.45) is 2.19. The summed E-state index contributed by atoms with van der Waals surface area (Å²) >= 11 is 3.18. The minimum Gasteiger partial charge on any atom is -0.448 e. The van der Waals surface area contributed by atoms with Gasteiger partial charge in [0.15, 0.2) is 14.5 Å². The highest BCUT2D eigenvalue weighted by molar-refractivity contribution is 9.10. The van der Waals surface area contributed by atoms with E-state index in [-0.39, 0.29) is 17.5 Å². The fraction of sp³-hybridized carbons (Fsp3) is 0.444. The number of furan rings is 1. The Morgan fingerprint density at radius 2 is 2.33 bits per heavy atom. The predicted molar refractivity (Wildman–Crippen MR) is 61.1 cm³/mol. The van der Waals surface area contributed by atoms with E-state index in [1.807, 2.05) is 0 Å². The Morgan fingerprint density at radius 1 is 1.53 bits per heavy atom. The fourth-order valence-electron chi connectivity index (χ4n) is 1.47. The van der Waals surface area contributed by atoms with Crippen LogP contribution in [0.2, 0.25) is 0 Å². The van der Waals surface area contributed by atoms with Gasteiger partial charge in [0.2, 0.25) is 0 Å². The minimum atomic E-state index is -2.85. The summed E-state index contributed by atoms with van der Waals surface area (Å²) in [6.45, 7) is 0. The Labute approximate surface area is 96.4 Å². The van der Waals surface area contributed by atoms with Crippen LogP contribution in [0.5, 0.6) is 0 Å². The number of aliphatic imine (C=N–C) groups is 1. The molecule has 1 aromatic heterocycles. The van der Waals surface area contributed by atoms with E-state index in [2.05, 4.69) is 20.9 Å². The van der Waals surface area contributed by atoms with E-state index in [0.717, 1.165) is 0 Å². The zero-order valence-corrected chi connectivity index (χ0v) is 10.3. The maximum atomic E-state index is 11.2. The van der Waals surface area contributed by atoms with Crippen molar-refractivity contribution in [2.45, 2.75) is 12.5 Å². The summed E-state index contributed by atoms with van der Waals surface area (Å²) in [6, 6.07) is 3.43. The third kappa shape index (κ3) is 2.92. The van der Waals surface area contributed by atoms with Gasteiger partial charge in [-0.1, -0.05) is 0 Å². The average Bonchev–Trinajstić information content (AvgIpc) is 2.69. The zero-order valence-electron chi connectivity index (χ0n) is 7.89. The third-order valence-corrected chi connectivity index (χ3v) is 4.39. The number of sulfone groups is 1. The van der Waals surface area contributed by atoms with Gasteiger partial charge in [0.1, 0.15) is 5.76 Å². The fourth-order valence-corrected chi connectivity index (χ4v) is 3.43. The van der Waals surface area contributed by atoms with Gasteiger partial charge >= 0.3 is 0 Å². The van der Waals surface area contributed by atoms with Crippen molar-refractivity contribution in [1.82, 2.24) is 0 Å². The monoisotopic (exact) mass is 291 g/mol. The van der Waals surface area contributed by atoms with Gasteiger partial charge in [-0.3, -0.25) is 4.99 Å². The lowest BCUT2D eigenvalue weighted by atomic mass is 10.3. The molecule has 2 heterocycles. The maximum absolute atomic E-state index is 11.2. The molecule has 0 aromatic carbocycles. The Balaban J connectivity index is 2.01. The molecular formula is C9H10BrNO3S. The largest absolute Gasteiger partial charge is 0.448 e. The molecule has 0 saturated carbocycles. The number of hydrogen-bond acceptors (Lipinski definition) is 4. The molecule has 1 aromatic rings. The van der Waals surface area contributed by atoms with Gasteiger partial charge < -0.3 is 4.42 Å². The van der Waals surface area contributed by atoms with Gasteiger partial charge in [-0.25, -0.2) is 8.42 Å². The molecule has 15 heavy (non-hydrogen) atoms. The van der Waals surface area contributed by atoms with E-state index in [9.17, 15) is 8.42 Å². The molecule has 82 valence electrons. The zero-order chi connectivity index (χ0) is 10.9. The van der Waals surface area contributed by atoms with Gasteiger partial charge in [0.25, 0.3) is 0 Å². The van der Waals surface area contributed by atoms with Crippen molar-refractivity contribution >= 4 is 32.0 Å². The SMILES string of the molecule is O=S1(=O)CC[C@H](N=Cc2ccc(Br)o2)C1. The van der Waals surface area contributed by atoms with E-state index in [0.29, 0.717) is 16.9 Å². The van der Waals surface area contributed by atoms with Crippen LogP contribution < -0.4 is 0 Å². The lowest BCUT2D eigenvalue weighted by molar-refractivity contribution is 0.534. The van der Waals surface area contributed by atoms with Crippen LogP contribution in [-0.4, -0.2) is 32.2 Å². The summed E-state index contributed by atoms with van der Waals surface area (Å²) in [5.74, 6) is 1.04. The molecule has 6 heteroatoms. The Morgan fingerprint density at radius 3 is 2.87 bits per heavy atom. The van der Waals surface area contributed by atoms with Crippen LogP contribution in [0, 0.1) is 0 Å². The van der Waals surface area contributed by atoms with E-state index < -0.39 is 9.84 Å². The topological polar surface area (TPSA) is 59.6 Å². The van der Waals surface area contributed by atoms with Crippen molar-refractivity contribution in [1.29, 1.82) is 0 Å². The Hall–Kier alpha value is -0.620. The van der Waals surface area contributed by atoms with Crippen LogP contribution in [0.1, 0.15) is 12.2 Å². The standard InChI is InChI=1S/C9H10BrNO3S/c10-9-2-1-8(14-9)5-11-7-3-4-15(12,13)6-7/h1-2,5,7H,3-4,6H2/t7-/m0/s1. The second kappa shape index (κ2) is 4.09. The number of nitrogens with zero attached hydrogens (tertiary/aromatic N) is 1. The van der Waals surface area contributed by atoms with Crippen LogP contribution >= 0.6 is 15.9 Å². The molecule has 2 rings (SSSR count). The van der Waals surface area contributed by atoms with Crippen LogP contribution in [0.3, 0.4) is 0 Å². The number of rotatable bonds is 2. The first-order valence-electron chi connectivity index (χ1n) is 4.54. The van der Waals surface area contributed by atoms with Crippen LogP contribution in [0.15, 0.2) is 26.2 Å². The molecule has 4 nitrogen and oxygen atoms in total. The van der Waals surface area contributed by atoms with Gasteiger partial charge in [0.05, 0.1) is 23.8 Å². The van der Waals surface area contributed by atoms with Crippen LogP contribution in [0.25, 0.3) is 0 Å². The molecule has 1 aliphatic rings. The van der Waals surface area contributed by atoms with Crippen molar-refractivity contribution < 1.29 is 12.8 Å². The highest BCUT2D eigenvalue weighted by Crippen LogP contribution is 2.16. The summed E-state index contributed by atoms with van der Waals surface area (Å²) in [5.41, 5.74) is 0. The summed E-state index contributed by atoms with van der Waals surface area (Å²) in [5, 5.41) is 0. The first-order chi connectivity index (χ1) is 7.05. The number of hydrogen-bond donors (Lipinski definition) is 0. The first kappa shape index (κ1) is 10.9. The van der Waals surface area contributed by atoms with Gasteiger partial charge in [0, 0.05) is 0 Å². The van der Waals surface area contributed by atoms with Gasteiger partial charge in [-0.15, -0.1) is 0 Å². The summed E-state index contributed by atoms with van der Waals surface area (Å²) in [7, 11) is -2.85. The molecule has 0 bridgehead atoms. The molecule has 0 N–H and O–H groups in total. The molecule has 0 amide bonds. The van der Waals surface area contributed by atoms with Crippen molar-refractivity contribution in [3.8, 4) is 0 Å². The third-order valence-electron chi connectivity index (χ3n) is 2.21. The van der Waals surface area contributed by atoms with E-state index in [1.165, 1.54) is 0 Å². The van der Waals surface area contributed by atoms with Crippen LogP contribution in [0.4, 0.5) is 0 Å². The quantitative estimate of drug-likeness (QED) is 0.779. The molecule has 0 unspecified atom stereocenters. The Bertz CT molecular complexity index is 477. The van der Waals surface area contributed by atoms with Crippen LogP contribution in [-0.2, 0) is 9.84 Å². The van der Waals surface area contributed by atoms with Crippen molar-refractivity contribution in [3.05, 3.63) is 22.6 Å². The van der Waals surface area contributed by atoms with Gasteiger partial charge in [-0.05, 0) is 34.5 Å². The van der Waals surface area contributed by atoms with E-state index in [4.69, 9.17) is 4.42 Å². The molecule has 1 aliphatic heterocycles. The lowest BCUT2D eigenvalue weighted by Crippen LogP contribution is -2.07. The van der Waals surface area contributed by atoms with Gasteiger partial charge in [-0.2, -0.15) is 0 Å². The van der Waals surface area contributed by atoms with Crippen molar-refractivity contribution in [3.63, 3.8) is 0 Å². The molecule has 1 fully saturated rings. The highest BCUT2D eigenvalue weighted by atomic mass is 79.9. The highest BCUT2D eigenvalue weighted by Gasteiger charge is 2.26. The first-order valence-corrected chi connectivity index (χ1v) is 7.15. The summed E-state index contributed by atoms with van der Waals surface area (Å²) < 4.78 is 28.2. The normalized spacial score (nSPS) is 25.0. The smallest absolute Gasteiger partial charge is 0.169 e. The molecular weight excluding hydrogens is 282 g/mol. The number of halogens is 1. The average molecular weight is 292 g/mol. The molecule has 0 radical (unpaired) electrons. The molecule has 0 aliphatic carbocycles. The molecule has 0 spiro atoms. The Kier molecular flexibility index (Phi) is 2.97. The van der Waals surface area contributed by atoms with Crippen molar-refractivity contribution in [2.75, 3.05) is 11.5 Å². The van der Waals surface area contributed by atoms with Crippen molar-refractivity contribution in [2.24, 2.45) is 4.99 Å².